The first kappa shape index (κ1) is 23.8. The van der Waals surface area contributed by atoms with Crippen molar-refractivity contribution >= 4 is 30.8 Å². The molecule has 0 radical (unpaired) electrons. The molecule has 0 amide bonds. The minimum Gasteiger partial charge on any atom is -0.387 e. The summed E-state index contributed by atoms with van der Waals surface area (Å²) in [6.07, 6.45) is -0.240. The maximum Gasteiger partial charge on any atom is 0.469 e. The first-order valence-corrected chi connectivity index (χ1v) is 11.4. The number of anilines is 2. The molecule has 1 saturated heterocycles. The lowest BCUT2D eigenvalue weighted by molar-refractivity contribution is -0.0494. The van der Waals surface area contributed by atoms with Crippen LogP contribution in [0.4, 0.5) is 11.8 Å². The highest BCUT2D eigenvalue weighted by atomic mass is 31.2. The zero-order chi connectivity index (χ0) is 22.6. The van der Waals surface area contributed by atoms with Crippen molar-refractivity contribution in [1.82, 2.24) is 19.5 Å². The highest BCUT2D eigenvalue weighted by molar-refractivity contribution is 7.46. The number of nitrogens with one attached hydrogen (secondary N) is 1. The molecular formula is C16H28N7O7P. The normalized spacial score (nSPS) is 24.2. The van der Waals surface area contributed by atoms with Crippen LogP contribution in [0.1, 0.15) is 31.9 Å². The Hall–Kier alpha value is -1.90. The van der Waals surface area contributed by atoms with E-state index in [0.29, 0.717) is 19.0 Å². The van der Waals surface area contributed by atoms with Crippen molar-refractivity contribution in [2.45, 2.75) is 50.2 Å². The Bertz CT molecular complexity index is 923. The minimum atomic E-state index is -4.78. The number of ether oxygens (including phenoxy) is 1. The van der Waals surface area contributed by atoms with Gasteiger partial charge in [-0.15, -0.1) is 0 Å². The molecule has 0 unspecified atom stereocenters. The standard InChI is InChI=1S/C16H28N7O7P/c17-5-3-1-2-4-6-19-16-22-10-13(18)20-8-21-14(10)23(16)15-12(25)11(24)9(30-15)7-29-31(26,27)28/h8-9,11-12,15,24-25H,1-7,17H2,(H,19,22)(H2,18,20,21)(H2,26,27,28)/t9-,11-,12-,15-/m1/s1. The van der Waals surface area contributed by atoms with Crippen molar-refractivity contribution in [3.05, 3.63) is 6.33 Å². The van der Waals surface area contributed by atoms with Crippen LogP contribution >= 0.6 is 7.82 Å². The Labute approximate surface area is 177 Å². The van der Waals surface area contributed by atoms with Gasteiger partial charge in [-0.25, -0.2) is 19.5 Å². The van der Waals surface area contributed by atoms with Gasteiger partial charge in [0, 0.05) is 6.54 Å². The van der Waals surface area contributed by atoms with E-state index in [0.717, 1.165) is 25.7 Å². The van der Waals surface area contributed by atoms with Crippen molar-refractivity contribution in [2.75, 3.05) is 30.7 Å². The summed E-state index contributed by atoms with van der Waals surface area (Å²) in [5.74, 6) is 0.429. The Morgan fingerprint density at radius 3 is 2.65 bits per heavy atom. The second-order valence-electron chi connectivity index (χ2n) is 7.20. The summed E-state index contributed by atoms with van der Waals surface area (Å²) in [4.78, 5) is 30.3. The number of aromatic nitrogens is 4. The summed E-state index contributed by atoms with van der Waals surface area (Å²) in [6, 6.07) is 0. The van der Waals surface area contributed by atoms with Crippen LogP contribution in [0.2, 0.25) is 0 Å². The lowest BCUT2D eigenvalue weighted by Crippen LogP contribution is -2.33. The van der Waals surface area contributed by atoms with Crippen molar-refractivity contribution in [3.8, 4) is 0 Å². The molecule has 3 rings (SSSR count). The predicted octanol–water partition coefficient (Wildman–Crippen LogP) is -0.932. The summed E-state index contributed by atoms with van der Waals surface area (Å²) in [5, 5.41) is 24.0. The van der Waals surface area contributed by atoms with Gasteiger partial charge in [0.15, 0.2) is 23.2 Å². The predicted molar refractivity (Wildman–Crippen MR) is 110 cm³/mol. The molecule has 2 aromatic heterocycles. The van der Waals surface area contributed by atoms with E-state index in [2.05, 4.69) is 24.8 Å². The van der Waals surface area contributed by atoms with Crippen molar-refractivity contribution in [2.24, 2.45) is 5.73 Å². The largest absolute Gasteiger partial charge is 0.469 e. The van der Waals surface area contributed by atoms with Gasteiger partial charge < -0.3 is 41.5 Å². The minimum absolute atomic E-state index is 0.129. The first-order valence-electron chi connectivity index (χ1n) is 9.87. The quantitative estimate of drug-likeness (QED) is 0.159. The monoisotopic (exact) mass is 461 g/mol. The molecule has 9 N–H and O–H groups in total. The molecule has 15 heteroatoms. The third-order valence-corrected chi connectivity index (χ3v) is 5.40. The average molecular weight is 461 g/mol. The van der Waals surface area contributed by atoms with Crippen LogP contribution in [0.15, 0.2) is 6.33 Å². The zero-order valence-corrected chi connectivity index (χ0v) is 17.6. The molecule has 0 aromatic carbocycles. The van der Waals surface area contributed by atoms with Gasteiger partial charge >= 0.3 is 7.82 Å². The number of aliphatic hydroxyl groups excluding tert-OH is 2. The van der Waals surface area contributed by atoms with Crippen molar-refractivity contribution < 1.29 is 33.8 Å². The number of nitrogens with zero attached hydrogens (tertiary/aromatic N) is 4. The van der Waals surface area contributed by atoms with Gasteiger partial charge in [0.25, 0.3) is 0 Å². The highest BCUT2D eigenvalue weighted by Gasteiger charge is 2.46. The average Bonchev–Trinajstić information content (AvgIpc) is 3.21. The SMILES string of the molecule is NCCCCCCNc1nc2c(N)ncnc2n1[C@@H]1O[C@H](COP(=O)(O)O)[C@@H](O)[C@H]1O. The lowest BCUT2D eigenvalue weighted by Gasteiger charge is -2.19. The van der Waals surface area contributed by atoms with E-state index < -0.39 is 39.0 Å². The summed E-state index contributed by atoms with van der Waals surface area (Å²) >= 11 is 0. The van der Waals surface area contributed by atoms with Gasteiger partial charge in [0.1, 0.15) is 24.6 Å². The molecule has 2 aromatic rings. The molecular weight excluding hydrogens is 433 g/mol. The molecule has 174 valence electrons. The van der Waals surface area contributed by atoms with Gasteiger partial charge in [0.05, 0.1) is 6.61 Å². The van der Waals surface area contributed by atoms with E-state index in [9.17, 15) is 14.8 Å². The molecule has 1 fully saturated rings. The zero-order valence-electron chi connectivity index (χ0n) is 16.7. The number of nitrogen functional groups attached to an aromatic ring is 1. The van der Waals surface area contributed by atoms with Gasteiger partial charge in [-0.1, -0.05) is 12.8 Å². The maximum atomic E-state index is 11.0. The fourth-order valence-electron chi connectivity index (χ4n) is 3.37. The number of phosphoric ester groups is 1. The van der Waals surface area contributed by atoms with Gasteiger partial charge in [-0.05, 0) is 19.4 Å². The van der Waals surface area contributed by atoms with E-state index in [1.54, 1.807) is 0 Å². The fraction of sp³-hybridized carbons (Fsp3) is 0.688. The third kappa shape index (κ3) is 5.67. The first-order chi connectivity index (χ1) is 14.7. The molecule has 1 aliphatic heterocycles. The Morgan fingerprint density at radius 2 is 1.94 bits per heavy atom. The van der Waals surface area contributed by atoms with Gasteiger partial charge in [-0.2, -0.15) is 0 Å². The lowest BCUT2D eigenvalue weighted by atomic mass is 10.1. The van der Waals surface area contributed by atoms with E-state index in [4.69, 9.17) is 26.0 Å². The maximum absolute atomic E-state index is 11.0. The number of nitrogens with two attached hydrogens (primary N) is 2. The number of fused-ring (bicyclic) bond motifs is 1. The van der Waals surface area contributed by atoms with E-state index in [-0.39, 0.29) is 17.0 Å². The van der Waals surface area contributed by atoms with Crippen LogP contribution in [-0.2, 0) is 13.8 Å². The van der Waals surface area contributed by atoms with E-state index in [1.807, 2.05) is 0 Å². The highest BCUT2D eigenvalue weighted by Crippen LogP contribution is 2.39. The van der Waals surface area contributed by atoms with Crippen LogP contribution in [0.25, 0.3) is 11.2 Å². The molecule has 0 saturated carbocycles. The van der Waals surface area contributed by atoms with Crippen LogP contribution < -0.4 is 16.8 Å². The summed E-state index contributed by atoms with van der Waals surface area (Å²) in [7, 11) is -4.78. The topological polar surface area (TPSA) is 224 Å². The number of aliphatic hydroxyl groups is 2. The number of unbranched alkanes of at least 4 members (excludes halogenated alkanes) is 3. The molecule has 14 nitrogen and oxygen atoms in total. The Balaban J connectivity index is 1.82. The summed E-state index contributed by atoms with van der Waals surface area (Å²) < 4.78 is 22.5. The number of hydrogen-bond acceptors (Lipinski definition) is 11. The second kappa shape index (κ2) is 10.1. The van der Waals surface area contributed by atoms with Crippen molar-refractivity contribution in [3.63, 3.8) is 0 Å². The van der Waals surface area contributed by atoms with E-state index >= 15 is 0 Å². The number of phosphoric acid groups is 1. The fourth-order valence-corrected chi connectivity index (χ4v) is 3.71. The Morgan fingerprint density at radius 1 is 1.19 bits per heavy atom. The van der Waals surface area contributed by atoms with Crippen LogP contribution in [-0.4, -0.2) is 77.5 Å². The van der Waals surface area contributed by atoms with Crippen LogP contribution in [0.5, 0.6) is 0 Å². The van der Waals surface area contributed by atoms with Crippen molar-refractivity contribution in [1.29, 1.82) is 0 Å². The molecule has 1 aliphatic rings. The number of rotatable bonds is 11. The molecule has 0 bridgehead atoms. The molecule has 0 spiro atoms. The van der Waals surface area contributed by atoms with Gasteiger partial charge in [-0.3, -0.25) is 9.09 Å². The van der Waals surface area contributed by atoms with Crippen LogP contribution in [0.3, 0.4) is 0 Å². The molecule has 3 heterocycles. The number of imidazole rings is 1. The molecule has 31 heavy (non-hydrogen) atoms. The number of hydrogen-bond donors (Lipinski definition) is 7. The third-order valence-electron chi connectivity index (χ3n) is 4.92. The van der Waals surface area contributed by atoms with E-state index in [1.165, 1.54) is 10.9 Å². The summed E-state index contributed by atoms with van der Waals surface area (Å²) in [5.41, 5.74) is 12.0. The second-order valence-corrected chi connectivity index (χ2v) is 8.44. The van der Waals surface area contributed by atoms with Gasteiger partial charge in [0.2, 0.25) is 5.95 Å². The van der Waals surface area contributed by atoms with Crippen LogP contribution in [0, 0.1) is 0 Å². The summed E-state index contributed by atoms with van der Waals surface area (Å²) in [6.45, 7) is 0.595. The Kier molecular flexibility index (Phi) is 7.78. The molecule has 0 aliphatic carbocycles. The smallest absolute Gasteiger partial charge is 0.387 e. The molecule has 4 atom stereocenters.